The summed E-state index contributed by atoms with van der Waals surface area (Å²) in [6, 6.07) is 5.45. The smallest absolute Gasteiger partial charge is 0.234 e. The zero-order valence-electron chi connectivity index (χ0n) is 12.0. The number of furan rings is 1. The molecule has 0 spiro atoms. The van der Waals surface area contributed by atoms with Crippen LogP contribution in [-0.2, 0) is 11.3 Å². The van der Waals surface area contributed by atoms with Crippen molar-refractivity contribution >= 4 is 5.91 Å². The van der Waals surface area contributed by atoms with E-state index in [2.05, 4.69) is 10.5 Å². The fraction of sp³-hybridized carbons (Fsp3) is 0.467. The number of nitrogens with zero attached hydrogens (tertiary/aromatic N) is 2. The van der Waals surface area contributed by atoms with Crippen molar-refractivity contribution in [3.63, 3.8) is 0 Å². The van der Waals surface area contributed by atoms with Crippen LogP contribution in [-0.4, -0.2) is 36.1 Å². The van der Waals surface area contributed by atoms with E-state index in [1.165, 1.54) is 12.8 Å². The minimum atomic E-state index is 0.0548. The van der Waals surface area contributed by atoms with Gasteiger partial charge in [-0.05, 0) is 37.9 Å². The van der Waals surface area contributed by atoms with Crippen LogP contribution in [0.25, 0.3) is 11.5 Å². The summed E-state index contributed by atoms with van der Waals surface area (Å²) in [5.41, 5.74) is 0.777. The number of hydrogen-bond acceptors (Lipinski definition) is 5. The average molecular weight is 289 g/mol. The molecule has 6 nitrogen and oxygen atoms in total. The maximum Gasteiger partial charge on any atom is 0.234 e. The van der Waals surface area contributed by atoms with E-state index in [9.17, 15) is 4.79 Å². The Morgan fingerprint density at radius 1 is 1.48 bits per heavy atom. The van der Waals surface area contributed by atoms with Crippen molar-refractivity contribution in [2.75, 3.05) is 20.1 Å². The normalized spacial score (nSPS) is 14.6. The summed E-state index contributed by atoms with van der Waals surface area (Å²) >= 11 is 0. The van der Waals surface area contributed by atoms with Crippen molar-refractivity contribution in [2.24, 2.45) is 5.92 Å². The first-order chi connectivity index (χ1) is 10.2. The number of carbonyl (C=O) groups excluding carboxylic acids is 1. The Hall–Kier alpha value is -2.08. The molecule has 21 heavy (non-hydrogen) atoms. The van der Waals surface area contributed by atoms with Gasteiger partial charge in [-0.1, -0.05) is 5.16 Å². The second-order valence-corrected chi connectivity index (χ2v) is 5.58. The SMILES string of the molecule is CN(CC(=O)NCC1CC1)Cc1cc(-c2ccco2)on1. The molecule has 1 amide bonds. The monoisotopic (exact) mass is 289 g/mol. The van der Waals surface area contributed by atoms with Crippen LogP contribution >= 0.6 is 0 Å². The highest BCUT2D eigenvalue weighted by Gasteiger charge is 2.21. The molecule has 2 aromatic heterocycles. The maximum absolute atomic E-state index is 11.8. The molecule has 6 heteroatoms. The molecular formula is C15H19N3O3. The zero-order valence-corrected chi connectivity index (χ0v) is 12.0. The van der Waals surface area contributed by atoms with Crippen LogP contribution in [0.4, 0.5) is 0 Å². The highest BCUT2D eigenvalue weighted by molar-refractivity contribution is 5.78. The Kier molecular flexibility index (Phi) is 4.06. The summed E-state index contributed by atoms with van der Waals surface area (Å²) in [6.07, 6.45) is 4.07. The Labute approximate surface area is 123 Å². The van der Waals surface area contributed by atoms with Gasteiger partial charge < -0.3 is 14.3 Å². The van der Waals surface area contributed by atoms with Crippen LogP contribution in [0.1, 0.15) is 18.5 Å². The third-order valence-electron chi connectivity index (χ3n) is 3.45. The third-order valence-corrected chi connectivity index (χ3v) is 3.45. The third kappa shape index (κ3) is 3.95. The summed E-state index contributed by atoms with van der Waals surface area (Å²) in [5, 5.41) is 6.94. The summed E-state index contributed by atoms with van der Waals surface area (Å²) in [6.45, 7) is 1.72. The van der Waals surface area contributed by atoms with E-state index in [-0.39, 0.29) is 5.91 Å². The Bertz CT molecular complexity index is 587. The standard InChI is InChI=1S/C15H19N3O3/c1-18(10-15(19)16-8-11-4-5-11)9-12-7-14(21-17-12)13-3-2-6-20-13/h2-3,6-7,11H,4-5,8-10H2,1H3,(H,16,19). The van der Waals surface area contributed by atoms with Crippen LogP contribution in [0.3, 0.4) is 0 Å². The van der Waals surface area contributed by atoms with Crippen LogP contribution < -0.4 is 5.32 Å². The first-order valence-corrected chi connectivity index (χ1v) is 7.15. The lowest BCUT2D eigenvalue weighted by Gasteiger charge is -2.14. The number of hydrogen-bond donors (Lipinski definition) is 1. The molecule has 1 aliphatic rings. The van der Waals surface area contributed by atoms with Crippen molar-refractivity contribution in [3.05, 3.63) is 30.2 Å². The van der Waals surface area contributed by atoms with Gasteiger partial charge in [0.1, 0.15) is 0 Å². The Morgan fingerprint density at radius 2 is 2.33 bits per heavy atom. The van der Waals surface area contributed by atoms with E-state index in [0.717, 1.165) is 12.2 Å². The van der Waals surface area contributed by atoms with E-state index in [4.69, 9.17) is 8.94 Å². The predicted octanol–water partition coefficient (Wildman–Crippen LogP) is 1.89. The lowest BCUT2D eigenvalue weighted by molar-refractivity contribution is -0.122. The lowest BCUT2D eigenvalue weighted by Crippen LogP contribution is -2.35. The predicted molar refractivity (Wildman–Crippen MR) is 76.3 cm³/mol. The van der Waals surface area contributed by atoms with Crippen LogP contribution in [0.2, 0.25) is 0 Å². The molecular weight excluding hydrogens is 270 g/mol. The molecule has 1 aliphatic carbocycles. The topological polar surface area (TPSA) is 71.5 Å². The van der Waals surface area contributed by atoms with Gasteiger partial charge in [-0.2, -0.15) is 0 Å². The van der Waals surface area contributed by atoms with Gasteiger partial charge in [0, 0.05) is 19.2 Å². The fourth-order valence-electron chi connectivity index (χ4n) is 2.13. The van der Waals surface area contributed by atoms with Crippen LogP contribution in [0, 0.1) is 5.92 Å². The molecule has 2 heterocycles. The van der Waals surface area contributed by atoms with E-state index < -0.39 is 0 Å². The van der Waals surface area contributed by atoms with E-state index in [1.807, 2.05) is 24.1 Å². The van der Waals surface area contributed by atoms with Gasteiger partial charge in [0.05, 0.1) is 18.5 Å². The molecule has 0 bridgehead atoms. The molecule has 112 valence electrons. The summed E-state index contributed by atoms with van der Waals surface area (Å²) in [4.78, 5) is 13.7. The number of carbonyl (C=O) groups is 1. The first-order valence-electron chi connectivity index (χ1n) is 7.15. The van der Waals surface area contributed by atoms with Crippen molar-refractivity contribution < 1.29 is 13.7 Å². The molecule has 1 saturated carbocycles. The molecule has 0 radical (unpaired) electrons. The molecule has 2 aromatic rings. The summed E-state index contributed by atoms with van der Waals surface area (Å²) in [7, 11) is 1.89. The van der Waals surface area contributed by atoms with Gasteiger partial charge in [-0.15, -0.1) is 0 Å². The quantitative estimate of drug-likeness (QED) is 0.842. The fourth-order valence-corrected chi connectivity index (χ4v) is 2.13. The van der Waals surface area contributed by atoms with Gasteiger partial charge in [-0.25, -0.2) is 0 Å². The molecule has 1 fully saturated rings. The number of amides is 1. The Morgan fingerprint density at radius 3 is 3.05 bits per heavy atom. The van der Waals surface area contributed by atoms with E-state index in [1.54, 1.807) is 12.3 Å². The maximum atomic E-state index is 11.8. The van der Waals surface area contributed by atoms with Crippen molar-refractivity contribution in [1.29, 1.82) is 0 Å². The molecule has 0 atom stereocenters. The second kappa shape index (κ2) is 6.13. The van der Waals surface area contributed by atoms with Crippen molar-refractivity contribution in [3.8, 4) is 11.5 Å². The number of nitrogens with one attached hydrogen (secondary N) is 1. The Balaban J connectivity index is 1.47. The zero-order chi connectivity index (χ0) is 14.7. The minimum absolute atomic E-state index is 0.0548. The number of aromatic nitrogens is 1. The summed E-state index contributed by atoms with van der Waals surface area (Å²) < 4.78 is 10.5. The highest BCUT2D eigenvalue weighted by atomic mass is 16.5. The first kappa shape index (κ1) is 13.9. The molecule has 0 aliphatic heterocycles. The van der Waals surface area contributed by atoms with Gasteiger partial charge >= 0.3 is 0 Å². The van der Waals surface area contributed by atoms with Crippen LogP contribution in [0.5, 0.6) is 0 Å². The van der Waals surface area contributed by atoms with Gasteiger partial charge in [0.15, 0.2) is 5.76 Å². The molecule has 0 unspecified atom stereocenters. The molecule has 1 N–H and O–H groups in total. The summed E-state index contributed by atoms with van der Waals surface area (Å²) in [5.74, 6) is 2.00. The minimum Gasteiger partial charge on any atom is -0.461 e. The lowest BCUT2D eigenvalue weighted by atomic mass is 10.3. The van der Waals surface area contributed by atoms with Crippen LogP contribution in [0.15, 0.2) is 33.4 Å². The second-order valence-electron chi connectivity index (χ2n) is 5.58. The largest absolute Gasteiger partial charge is 0.461 e. The highest BCUT2D eigenvalue weighted by Crippen LogP contribution is 2.27. The van der Waals surface area contributed by atoms with Gasteiger partial charge in [0.2, 0.25) is 11.7 Å². The van der Waals surface area contributed by atoms with Crippen molar-refractivity contribution in [2.45, 2.75) is 19.4 Å². The van der Waals surface area contributed by atoms with E-state index >= 15 is 0 Å². The van der Waals surface area contributed by atoms with Gasteiger partial charge in [-0.3, -0.25) is 9.69 Å². The number of likely N-dealkylation sites (N-methyl/N-ethyl adjacent to an activating group) is 1. The molecule has 0 aromatic carbocycles. The van der Waals surface area contributed by atoms with E-state index in [0.29, 0.717) is 30.5 Å². The number of rotatable bonds is 7. The molecule has 3 rings (SSSR count). The van der Waals surface area contributed by atoms with Gasteiger partial charge in [0.25, 0.3) is 0 Å². The van der Waals surface area contributed by atoms with Crippen molar-refractivity contribution in [1.82, 2.24) is 15.4 Å². The molecule has 0 saturated heterocycles. The average Bonchev–Trinajstić information content (AvgIpc) is 2.92.